The van der Waals surface area contributed by atoms with Gasteiger partial charge in [0.15, 0.2) is 6.61 Å². The first-order valence-corrected chi connectivity index (χ1v) is 11.4. The molecule has 0 aliphatic carbocycles. The maximum Gasteiger partial charge on any atom is 0.269 e. The largest absolute Gasteiger partial charge is 0.484 e. The molecule has 11 heteroatoms. The summed E-state index contributed by atoms with van der Waals surface area (Å²) in [6.45, 7) is 0.480. The number of anilines is 1. The fraction of sp³-hybridized carbons (Fsp3) is 0.375. The minimum Gasteiger partial charge on any atom is -0.484 e. The number of ether oxygens (including phenoxy) is 1. The Kier molecular flexibility index (Phi) is 9.27. The molecule has 1 fully saturated rings. The number of carbonyl (C=O) groups excluding carboxylic acids is 3. The van der Waals surface area contributed by atoms with Gasteiger partial charge in [-0.05, 0) is 63.0 Å². The Morgan fingerprint density at radius 3 is 2.49 bits per heavy atom. The smallest absolute Gasteiger partial charge is 0.269 e. The fourth-order valence-electron chi connectivity index (χ4n) is 3.83. The Morgan fingerprint density at radius 2 is 1.89 bits per heavy atom. The molecular formula is C24H29N5O6. The number of hydrogen-bond donors (Lipinski definition) is 3. The Morgan fingerprint density at radius 1 is 1.17 bits per heavy atom. The Bertz CT molecular complexity index is 1020. The lowest BCUT2D eigenvalue weighted by molar-refractivity contribution is -0.384. The average Bonchev–Trinajstić information content (AvgIpc) is 3.41. The van der Waals surface area contributed by atoms with Gasteiger partial charge in [0.2, 0.25) is 11.8 Å². The molecule has 2 aromatic rings. The Hall–Kier alpha value is -3.83. The zero-order chi connectivity index (χ0) is 25.2. The summed E-state index contributed by atoms with van der Waals surface area (Å²) in [5.41, 5.74) is 5.84. The van der Waals surface area contributed by atoms with Crippen LogP contribution in [0.3, 0.4) is 0 Å². The van der Waals surface area contributed by atoms with Crippen LogP contribution in [0.15, 0.2) is 54.6 Å². The van der Waals surface area contributed by atoms with Crippen molar-refractivity contribution < 1.29 is 24.0 Å². The van der Waals surface area contributed by atoms with Gasteiger partial charge >= 0.3 is 0 Å². The second kappa shape index (κ2) is 12.6. The van der Waals surface area contributed by atoms with Crippen molar-refractivity contribution in [1.82, 2.24) is 10.2 Å². The topological polar surface area (TPSA) is 157 Å². The van der Waals surface area contributed by atoms with Crippen LogP contribution in [-0.4, -0.2) is 59.3 Å². The molecule has 4 N–H and O–H groups in total. The van der Waals surface area contributed by atoms with Crippen LogP contribution in [0.2, 0.25) is 0 Å². The van der Waals surface area contributed by atoms with Gasteiger partial charge in [0.1, 0.15) is 11.8 Å². The van der Waals surface area contributed by atoms with Crippen LogP contribution in [0, 0.1) is 10.1 Å². The van der Waals surface area contributed by atoms with Gasteiger partial charge in [-0.3, -0.25) is 29.4 Å². The lowest BCUT2D eigenvalue weighted by atomic mass is 10.1. The minimum atomic E-state index is -1.13. The van der Waals surface area contributed by atoms with Crippen LogP contribution in [0.5, 0.6) is 5.75 Å². The van der Waals surface area contributed by atoms with Gasteiger partial charge in [0.05, 0.1) is 11.0 Å². The summed E-state index contributed by atoms with van der Waals surface area (Å²) in [7, 11) is 0. The molecule has 3 rings (SSSR count). The van der Waals surface area contributed by atoms with Gasteiger partial charge in [0.25, 0.3) is 11.6 Å². The lowest BCUT2D eigenvalue weighted by Crippen LogP contribution is -2.56. The van der Waals surface area contributed by atoms with Gasteiger partial charge in [-0.15, -0.1) is 0 Å². The van der Waals surface area contributed by atoms with E-state index < -0.39 is 41.3 Å². The maximum absolute atomic E-state index is 13.4. The predicted octanol–water partition coefficient (Wildman–Crippen LogP) is 1.83. The number of nitro benzene ring substituents is 1. The molecule has 1 heterocycles. The van der Waals surface area contributed by atoms with E-state index in [4.69, 9.17) is 10.5 Å². The summed E-state index contributed by atoms with van der Waals surface area (Å²) in [5.74, 6) is -1.27. The van der Waals surface area contributed by atoms with Crippen LogP contribution in [-0.2, 0) is 14.4 Å². The van der Waals surface area contributed by atoms with Crippen molar-refractivity contribution in [1.29, 1.82) is 0 Å². The molecule has 1 aliphatic rings. The SMILES string of the molecule is NCCC[C@@H](C(=O)Nc1ccc([N+](=O)[O-])cc1)N(C(=O)COc1ccccc1)C(=O)[C@@H]1CCCN1. The van der Waals surface area contributed by atoms with Crippen molar-refractivity contribution in [2.75, 3.05) is 25.0 Å². The van der Waals surface area contributed by atoms with Crippen molar-refractivity contribution in [3.63, 3.8) is 0 Å². The summed E-state index contributed by atoms with van der Waals surface area (Å²) in [5, 5.41) is 16.6. The number of hydrogen-bond acceptors (Lipinski definition) is 8. The number of amides is 3. The highest BCUT2D eigenvalue weighted by molar-refractivity contribution is 6.05. The van der Waals surface area contributed by atoms with Crippen molar-refractivity contribution in [2.45, 2.75) is 37.8 Å². The number of imide groups is 1. The van der Waals surface area contributed by atoms with Crippen LogP contribution in [0.25, 0.3) is 0 Å². The number of nitro groups is 1. The molecule has 0 spiro atoms. The number of nitrogens with two attached hydrogens (primary N) is 1. The zero-order valence-electron chi connectivity index (χ0n) is 19.2. The molecule has 11 nitrogen and oxygen atoms in total. The molecular weight excluding hydrogens is 454 g/mol. The number of nitrogens with one attached hydrogen (secondary N) is 2. The van der Waals surface area contributed by atoms with Crippen LogP contribution in [0.4, 0.5) is 11.4 Å². The van der Waals surface area contributed by atoms with Crippen molar-refractivity contribution in [3.8, 4) is 5.75 Å². The second-order valence-electron chi connectivity index (χ2n) is 8.09. The van der Waals surface area contributed by atoms with E-state index in [1.165, 1.54) is 24.3 Å². The standard InChI is InChI=1S/C24H29N5O6/c25-14-4-9-21(23(31)27-17-10-12-18(13-11-17)29(33)34)28(24(32)20-8-5-15-26-20)22(30)16-35-19-6-2-1-3-7-19/h1-3,6-7,10-13,20-21,26H,4-5,8-9,14-16,25H2,(H,27,31)/t20-,21-/m0/s1. The molecule has 1 saturated heterocycles. The molecule has 0 bridgehead atoms. The van der Waals surface area contributed by atoms with Crippen LogP contribution in [0.1, 0.15) is 25.7 Å². The van der Waals surface area contributed by atoms with E-state index in [2.05, 4.69) is 10.6 Å². The van der Waals surface area contributed by atoms with Gasteiger partial charge < -0.3 is 21.1 Å². The number of carbonyl (C=O) groups is 3. The molecule has 1 aliphatic heterocycles. The van der Waals surface area contributed by atoms with Crippen molar-refractivity contribution >= 4 is 29.1 Å². The number of nitrogens with zero attached hydrogens (tertiary/aromatic N) is 2. The first kappa shape index (κ1) is 25.8. The average molecular weight is 484 g/mol. The molecule has 3 amide bonds. The Balaban J connectivity index is 1.83. The molecule has 186 valence electrons. The van der Waals surface area contributed by atoms with Gasteiger partial charge in [0, 0.05) is 17.8 Å². The van der Waals surface area contributed by atoms with Gasteiger partial charge in [-0.1, -0.05) is 18.2 Å². The van der Waals surface area contributed by atoms with E-state index in [0.717, 1.165) is 11.3 Å². The lowest BCUT2D eigenvalue weighted by Gasteiger charge is -2.31. The number of rotatable bonds is 11. The summed E-state index contributed by atoms with van der Waals surface area (Å²) in [6, 6.07) is 12.3. The Labute approximate surface area is 202 Å². The third-order valence-corrected chi connectivity index (χ3v) is 5.61. The minimum absolute atomic E-state index is 0.125. The van der Waals surface area contributed by atoms with Crippen molar-refractivity contribution in [3.05, 3.63) is 64.7 Å². The highest BCUT2D eigenvalue weighted by Gasteiger charge is 2.38. The fourth-order valence-corrected chi connectivity index (χ4v) is 3.83. The molecule has 0 aromatic heterocycles. The third-order valence-electron chi connectivity index (χ3n) is 5.61. The first-order chi connectivity index (χ1) is 16.9. The third kappa shape index (κ3) is 7.08. The van der Waals surface area contributed by atoms with E-state index in [-0.39, 0.29) is 18.7 Å². The number of benzene rings is 2. The van der Waals surface area contributed by atoms with Gasteiger partial charge in [-0.2, -0.15) is 0 Å². The number of para-hydroxylation sites is 1. The predicted molar refractivity (Wildman–Crippen MR) is 129 cm³/mol. The highest BCUT2D eigenvalue weighted by atomic mass is 16.6. The summed E-state index contributed by atoms with van der Waals surface area (Å²) < 4.78 is 5.57. The van der Waals surface area contributed by atoms with Crippen LogP contribution >= 0.6 is 0 Å². The zero-order valence-corrected chi connectivity index (χ0v) is 19.2. The van der Waals surface area contributed by atoms with Crippen molar-refractivity contribution in [2.24, 2.45) is 5.73 Å². The highest BCUT2D eigenvalue weighted by Crippen LogP contribution is 2.20. The first-order valence-electron chi connectivity index (χ1n) is 11.4. The summed E-state index contributed by atoms with van der Waals surface area (Å²) >= 11 is 0. The van der Waals surface area contributed by atoms with E-state index in [0.29, 0.717) is 30.8 Å². The second-order valence-corrected chi connectivity index (χ2v) is 8.09. The quantitative estimate of drug-likeness (QED) is 0.323. The number of non-ortho nitro benzene ring substituents is 1. The van der Waals surface area contributed by atoms with E-state index in [9.17, 15) is 24.5 Å². The molecule has 0 radical (unpaired) electrons. The molecule has 0 saturated carbocycles. The molecule has 2 atom stereocenters. The maximum atomic E-state index is 13.4. The van der Waals surface area contributed by atoms with Gasteiger partial charge in [-0.25, -0.2) is 0 Å². The van der Waals surface area contributed by atoms with Crippen LogP contribution < -0.4 is 21.1 Å². The normalized spacial score (nSPS) is 15.7. The van der Waals surface area contributed by atoms with E-state index in [1.807, 2.05) is 6.07 Å². The molecule has 2 aromatic carbocycles. The molecule has 35 heavy (non-hydrogen) atoms. The van der Waals surface area contributed by atoms with E-state index in [1.54, 1.807) is 24.3 Å². The molecule has 0 unspecified atom stereocenters. The monoisotopic (exact) mass is 483 g/mol. The van der Waals surface area contributed by atoms with E-state index >= 15 is 0 Å². The summed E-state index contributed by atoms with van der Waals surface area (Å²) in [6.07, 6.45) is 1.88. The summed E-state index contributed by atoms with van der Waals surface area (Å²) in [4.78, 5) is 51.3.